The first kappa shape index (κ1) is 20.2. The predicted octanol–water partition coefficient (Wildman–Crippen LogP) is 2.05. The minimum absolute atomic E-state index is 0.106. The molecule has 0 spiro atoms. The first-order chi connectivity index (χ1) is 12.9. The Kier molecular flexibility index (Phi) is 7.18. The molecule has 0 unspecified atom stereocenters. The third kappa shape index (κ3) is 5.71. The highest BCUT2D eigenvalue weighted by Crippen LogP contribution is 2.27. The molecule has 2 amide bonds. The van der Waals surface area contributed by atoms with E-state index in [9.17, 15) is 14.7 Å². The Labute approximate surface area is 164 Å². The zero-order chi connectivity index (χ0) is 19.8. The van der Waals surface area contributed by atoms with Crippen molar-refractivity contribution in [2.75, 3.05) is 20.8 Å². The maximum absolute atomic E-state index is 12.1. The SMILES string of the molecule is COc1ccc(C(=O)NCC(=O)N/N=C\c2ccc(O)c(Br)c2)cc1OC. The summed E-state index contributed by atoms with van der Waals surface area (Å²) in [5, 5.41) is 15.7. The summed E-state index contributed by atoms with van der Waals surface area (Å²) in [4.78, 5) is 23.9. The number of hydrogen-bond donors (Lipinski definition) is 3. The monoisotopic (exact) mass is 435 g/mol. The van der Waals surface area contributed by atoms with Gasteiger partial charge in [0.2, 0.25) is 0 Å². The Hall–Kier alpha value is -3.07. The number of phenols is 1. The van der Waals surface area contributed by atoms with Crippen LogP contribution < -0.4 is 20.2 Å². The van der Waals surface area contributed by atoms with Gasteiger partial charge in [0.25, 0.3) is 11.8 Å². The van der Waals surface area contributed by atoms with E-state index in [1.165, 1.54) is 32.6 Å². The summed E-state index contributed by atoms with van der Waals surface area (Å²) < 4.78 is 10.8. The minimum atomic E-state index is -0.488. The van der Waals surface area contributed by atoms with Crippen molar-refractivity contribution < 1.29 is 24.2 Å². The molecule has 2 rings (SSSR count). The van der Waals surface area contributed by atoms with E-state index in [-0.39, 0.29) is 12.3 Å². The number of ether oxygens (including phenoxy) is 2. The Morgan fingerprint density at radius 1 is 1.15 bits per heavy atom. The number of halogens is 1. The van der Waals surface area contributed by atoms with Gasteiger partial charge in [-0.15, -0.1) is 0 Å². The molecule has 0 saturated heterocycles. The summed E-state index contributed by atoms with van der Waals surface area (Å²) in [7, 11) is 2.97. The zero-order valence-corrected chi connectivity index (χ0v) is 16.2. The lowest BCUT2D eigenvalue weighted by Crippen LogP contribution is -2.34. The van der Waals surface area contributed by atoms with Gasteiger partial charge in [0, 0.05) is 5.56 Å². The van der Waals surface area contributed by atoms with Gasteiger partial charge in [0.15, 0.2) is 11.5 Å². The van der Waals surface area contributed by atoms with E-state index in [1.807, 2.05) is 0 Å². The molecule has 0 aromatic heterocycles. The number of rotatable bonds is 7. The highest BCUT2D eigenvalue weighted by atomic mass is 79.9. The number of hydrazone groups is 1. The predicted molar refractivity (Wildman–Crippen MR) is 103 cm³/mol. The summed E-state index contributed by atoms with van der Waals surface area (Å²) in [6.45, 7) is -0.246. The molecule has 3 N–H and O–H groups in total. The van der Waals surface area contributed by atoms with Gasteiger partial charge in [-0.1, -0.05) is 0 Å². The first-order valence-corrected chi connectivity index (χ1v) is 8.54. The van der Waals surface area contributed by atoms with Gasteiger partial charge in [-0.25, -0.2) is 5.43 Å². The van der Waals surface area contributed by atoms with E-state index in [1.54, 1.807) is 24.3 Å². The third-order valence-corrected chi connectivity index (χ3v) is 4.06. The van der Waals surface area contributed by atoms with Crippen molar-refractivity contribution in [3.63, 3.8) is 0 Å². The number of carbonyl (C=O) groups excluding carboxylic acids is 2. The van der Waals surface area contributed by atoms with Crippen molar-refractivity contribution in [3.8, 4) is 17.2 Å². The number of nitrogens with zero attached hydrogens (tertiary/aromatic N) is 1. The lowest BCUT2D eigenvalue weighted by Gasteiger charge is -2.09. The normalized spacial score (nSPS) is 10.5. The van der Waals surface area contributed by atoms with Crippen LogP contribution in [0.4, 0.5) is 0 Å². The van der Waals surface area contributed by atoms with E-state index in [2.05, 4.69) is 31.8 Å². The number of phenolic OH excluding ortho intramolecular Hbond substituents is 1. The average molecular weight is 436 g/mol. The fraction of sp³-hybridized carbons (Fsp3) is 0.167. The molecule has 27 heavy (non-hydrogen) atoms. The van der Waals surface area contributed by atoms with Crippen LogP contribution in [0.15, 0.2) is 46.0 Å². The van der Waals surface area contributed by atoms with Crippen LogP contribution in [0, 0.1) is 0 Å². The summed E-state index contributed by atoms with van der Waals surface area (Å²) >= 11 is 3.19. The third-order valence-electron chi connectivity index (χ3n) is 3.43. The van der Waals surface area contributed by atoms with Crippen molar-refractivity contribution >= 4 is 34.0 Å². The van der Waals surface area contributed by atoms with Gasteiger partial charge >= 0.3 is 0 Å². The second-order valence-corrected chi connectivity index (χ2v) is 6.11. The molecule has 0 aliphatic carbocycles. The van der Waals surface area contributed by atoms with Crippen LogP contribution in [-0.2, 0) is 4.79 Å². The van der Waals surface area contributed by atoms with Gasteiger partial charge in [0.05, 0.1) is 31.5 Å². The Balaban J connectivity index is 1.86. The molecule has 0 saturated carbocycles. The lowest BCUT2D eigenvalue weighted by molar-refractivity contribution is -0.120. The van der Waals surface area contributed by atoms with E-state index < -0.39 is 11.8 Å². The number of methoxy groups -OCH3 is 2. The quantitative estimate of drug-likeness (QED) is 0.455. The van der Waals surface area contributed by atoms with Crippen LogP contribution in [0.3, 0.4) is 0 Å². The molecule has 9 heteroatoms. The van der Waals surface area contributed by atoms with Gasteiger partial charge in [-0.3, -0.25) is 9.59 Å². The number of carbonyl (C=O) groups is 2. The highest BCUT2D eigenvalue weighted by molar-refractivity contribution is 9.10. The second-order valence-electron chi connectivity index (χ2n) is 5.26. The van der Waals surface area contributed by atoms with Crippen molar-refractivity contribution in [3.05, 3.63) is 52.0 Å². The molecular weight excluding hydrogens is 418 g/mol. The van der Waals surface area contributed by atoms with Gasteiger partial charge in [0.1, 0.15) is 5.75 Å². The standard InChI is InChI=1S/C18H18BrN3O5/c1-26-15-6-4-12(8-16(15)27-2)18(25)20-10-17(24)22-21-9-11-3-5-14(23)13(19)7-11/h3-9,23H,10H2,1-2H3,(H,20,25)(H,22,24)/b21-9-. The van der Waals surface area contributed by atoms with Crippen molar-refractivity contribution in [2.24, 2.45) is 5.10 Å². The zero-order valence-electron chi connectivity index (χ0n) is 14.7. The van der Waals surface area contributed by atoms with Crippen LogP contribution in [0.5, 0.6) is 17.2 Å². The smallest absolute Gasteiger partial charge is 0.259 e. The number of amides is 2. The molecule has 0 bridgehead atoms. The van der Waals surface area contributed by atoms with E-state index >= 15 is 0 Å². The molecular formula is C18H18BrN3O5. The van der Waals surface area contributed by atoms with Gasteiger partial charge in [-0.05, 0) is 57.9 Å². The first-order valence-electron chi connectivity index (χ1n) is 7.75. The Bertz CT molecular complexity index is 870. The van der Waals surface area contributed by atoms with Gasteiger partial charge in [-0.2, -0.15) is 5.10 Å². The maximum atomic E-state index is 12.1. The molecule has 0 aliphatic rings. The molecule has 0 radical (unpaired) electrons. The molecule has 2 aromatic carbocycles. The Morgan fingerprint density at radius 2 is 1.89 bits per heavy atom. The largest absolute Gasteiger partial charge is 0.507 e. The van der Waals surface area contributed by atoms with E-state index in [0.29, 0.717) is 27.1 Å². The lowest BCUT2D eigenvalue weighted by atomic mass is 10.2. The second kappa shape index (κ2) is 9.58. The number of aromatic hydroxyl groups is 1. The molecule has 0 fully saturated rings. The molecule has 0 heterocycles. The summed E-state index contributed by atoms with van der Waals surface area (Å²) in [5.74, 6) is 0.103. The molecule has 0 aliphatic heterocycles. The number of nitrogens with one attached hydrogen (secondary N) is 2. The van der Waals surface area contributed by atoms with Crippen LogP contribution >= 0.6 is 15.9 Å². The molecule has 8 nitrogen and oxygen atoms in total. The van der Waals surface area contributed by atoms with Crippen LogP contribution in [-0.4, -0.2) is 43.9 Å². The van der Waals surface area contributed by atoms with Crippen molar-refractivity contribution in [1.82, 2.24) is 10.7 Å². The molecule has 0 atom stereocenters. The summed E-state index contributed by atoms with van der Waals surface area (Å²) in [6, 6.07) is 9.46. The Morgan fingerprint density at radius 3 is 2.56 bits per heavy atom. The fourth-order valence-electron chi connectivity index (χ4n) is 2.06. The minimum Gasteiger partial charge on any atom is -0.507 e. The number of hydrogen-bond acceptors (Lipinski definition) is 6. The topological polar surface area (TPSA) is 109 Å². The van der Waals surface area contributed by atoms with Crippen molar-refractivity contribution in [2.45, 2.75) is 0 Å². The fourth-order valence-corrected chi connectivity index (χ4v) is 2.46. The van der Waals surface area contributed by atoms with E-state index in [0.717, 1.165) is 0 Å². The maximum Gasteiger partial charge on any atom is 0.259 e. The molecule has 2 aromatic rings. The van der Waals surface area contributed by atoms with E-state index in [4.69, 9.17) is 9.47 Å². The summed E-state index contributed by atoms with van der Waals surface area (Å²) in [6.07, 6.45) is 1.41. The average Bonchev–Trinajstić information content (AvgIpc) is 2.68. The van der Waals surface area contributed by atoms with Crippen LogP contribution in [0.2, 0.25) is 0 Å². The molecule has 142 valence electrons. The van der Waals surface area contributed by atoms with Crippen LogP contribution in [0.25, 0.3) is 0 Å². The van der Waals surface area contributed by atoms with Gasteiger partial charge < -0.3 is 19.9 Å². The van der Waals surface area contributed by atoms with Crippen LogP contribution in [0.1, 0.15) is 15.9 Å². The number of benzene rings is 2. The highest BCUT2D eigenvalue weighted by Gasteiger charge is 2.11. The summed E-state index contributed by atoms with van der Waals surface area (Å²) in [5.41, 5.74) is 3.31. The van der Waals surface area contributed by atoms with Crippen molar-refractivity contribution in [1.29, 1.82) is 0 Å².